The molecule has 2 aromatic rings. The van der Waals surface area contributed by atoms with E-state index in [4.69, 9.17) is 5.73 Å². The summed E-state index contributed by atoms with van der Waals surface area (Å²) < 4.78 is 0. The summed E-state index contributed by atoms with van der Waals surface area (Å²) in [5.41, 5.74) is 14.8. The van der Waals surface area contributed by atoms with E-state index in [1.165, 1.54) is 33.4 Å². The lowest BCUT2D eigenvalue weighted by atomic mass is 10.0. The number of fused-ring (bicyclic) bond motifs is 1. The Kier molecular flexibility index (Phi) is 2.90. The van der Waals surface area contributed by atoms with Crippen molar-refractivity contribution in [2.24, 2.45) is 0 Å². The lowest BCUT2D eigenvalue weighted by molar-refractivity contribution is 1.08. The van der Waals surface area contributed by atoms with Gasteiger partial charge in [-0.15, -0.1) is 0 Å². The molecule has 96 valence electrons. The van der Waals surface area contributed by atoms with Gasteiger partial charge in [0.15, 0.2) is 0 Å². The first-order valence-electron chi connectivity index (χ1n) is 6.79. The molecule has 0 heterocycles. The monoisotopic (exact) mass is 249 g/mol. The summed E-state index contributed by atoms with van der Waals surface area (Å²) in [6.45, 7) is 4.30. The SMILES string of the molecule is Cc1cc(C)cc(C=C2CCc3cc(N)ccc32)c1. The van der Waals surface area contributed by atoms with Gasteiger partial charge in [0.2, 0.25) is 0 Å². The highest BCUT2D eigenvalue weighted by atomic mass is 14.5. The van der Waals surface area contributed by atoms with Gasteiger partial charge in [-0.3, -0.25) is 0 Å². The molecule has 0 saturated carbocycles. The van der Waals surface area contributed by atoms with Crippen molar-refractivity contribution < 1.29 is 0 Å². The zero-order valence-electron chi connectivity index (χ0n) is 11.5. The molecular formula is C18H19N. The van der Waals surface area contributed by atoms with Crippen molar-refractivity contribution in [3.63, 3.8) is 0 Å². The summed E-state index contributed by atoms with van der Waals surface area (Å²) in [4.78, 5) is 0. The van der Waals surface area contributed by atoms with E-state index in [0.29, 0.717) is 0 Å². The van der Waals surface area contributed by atoms with Gasteiger partial charge >= 0.3 is 0 Å². The maximum absolute atomic E-state index is 5.85. The number of benzene rings is 2. The molecule has 1 nitrogen and oxygen atoms in total. The van der Waals surface area contributed by atoms with Crippen LogP contribution in [-0.2, 0) is 6.42 Å². The summed E-state index contributed by atoms with van der Waals surface area (Å²) in [5, 5.41) is 0. The van der Waals surface area contributed by atoms with E-state index >= 15 is 0 Å². The van der Waals surface area contributed by atoms with Gasteiger partial charge in [-0.25, -0.2) is 0 Å². The van der Waals surface area contributed by atoms with Crippen LogP contribution in [0.15, 0.2) is 36.4 Å². The molecule has 0 spiro atoms. The standard InChI is InChI=1S/C18H19N/c1-12-7-13(2)9-14(8-12)10-15-3-4-16-11-17(19)5-6-18(15)16/h5-11H,3-4,19H2,1-2H3. The van der Waals surface area contributed by atoms with Crippen LogP contribution in [0.2, 0.25) is 0 Å². The second-order valence-electron chi connectivity index (χ2n) is 5.51. The quantitative estimate of drug-likeness (QED) is 0.746. The molecule has 0 aliphatic heterocycles. The van der Waals surface area contributed by atoms with Crippen molar-refractivity contribution in [3.05, 3.63) is 64.2 Å². The van der Waals surface area contributed by atoms with Crippen LogP contribution in [0.1, 0.15) is 34.2 Å². The van der Waals surface area contributed by atoms with Crippen LogP contribution in [-0.4, -0.2) is 0 Å². The Morgan fingerprint density at radius 3 is 2.42 bits per heavy atom. The van der Waals surface area contributed by atoms with Gasteiger partial charge in [0.25, 0.3) is 0 Å². The van der Waals surface area contributed by atoms with E-state index in [1.807, 2.05) is 6.07 Å². The second kappa shape index (κ2) is 4.58. The van der Waals surface area contributed by atoms with E-state index in [0.717, 1.165) is 18.5 Å². The van der Waals surface area contributed by atoms with Crippen molar-refractivity contribution >= 4 is 17.3 Å². The highest BCUT2D eigenvalue weighted by Gasteiger charge is 2.15. The van der Waals surface area contributed by atoms with Crippen LogP contribution >= 0.6 is 0 Å². The Bertz CT molecular complexity index is 645. The van der Waals surface area contributed by atoms with Crippen LogP contribution in [0.25, 0.3) is 11.6 Å². The molecule has 19 heavy (non-hydrogen) atoms. The van der Waals surface area contributed by atoms with Crippen molar-refractivity contribution in [1.29, 1.82) is 0 Å². The van der Waals surface area contributed by atoms with Gasteiger partial charge in [0, 0.05) is 5.69 Å². The van der Waals surface area contributed by atoms with Gasteiger partial charge in [-0.2, -0.15) is 0 Å². The van der Waals surface area contributed by atoms with Gasteiger partial charge < -0.3 is 5.73 Å². The molecule has 0 fully saturated rings. The Morgan fingerprint density at radius 1 is 0.947 bits per heavy atom. The fourth-order valence-corrected chi connectivity index (χ4v) is 2.98. The summed E-state index contributed by atoms with van der Waals surface area (Å²) in [5.74, 6) is 0. The summed E-state index contributed by atoms with van der Waals surface area (Å²) >= 11 is 0. The van der Waals surface area contributed by atoms with Crippen LogP contribution < -0.4 is 5.73 Å². The van der Waals surface area contributed by atoms with Crippen molar-refractivity contribution in [2.45, 2.75) is 26.7 Å². The molecule has 2 N–H and O–H groups in total. The zero-order chi connectivity index (χ0) is 13.4. The number of allylic oxidation sites excluding steroid dienone is 1. The Labute approximate surface area is 114 Å². The molecule has 0 amide bonds. The predicted octanol–water partition coefficient (Wildman–Crippen LogP) is 4.37. The number of hydrogen-bond acceptors (Lipinski definition) is 1. The maximum atomic E-state index is 5.85. The first-order valence-corrected chi connectivity index (χ1v) is 6.79. The summed E-state index contributed by atoms with van der Waals surface area (Å²) in [6, 6.07) is 13.0. The van der Waals surface area contributed by atoms with Crippen molar-refractivity contribution in [3.8, 4) is 0 Å². The lowest BCUT2D eigenvalue weighted by Gasteiger charge is -2.04. The topological polar surface area (TPSA) is 26.0 Å². The average molecular weight is 249 g/mol. The third-order valence-electron chi connectivity index (χ3n) is 3.72. The lowest BCUT2D eigenvalue weighted by Crippen LogP contribution is -1.88. The number of hydrogen-bond donors (Lipinski definition) is 1. The van der Waals surface area contributed by atoms with E-state index in [1.54, 1.807) is 0 Å². The van der Waals surface area contributed by atoms with E-state index < -0.39 is 0 Å². The number of rotatable bonds is 1. The molecular weight excluding hydrogens is 230 g/mol. The van der Waals surface area contributed by atoms with E-state index in [9.17, 15) is 0 Å². The molecule has 0 radical (unpaired) electrons. The first-order chi connectivity index (χ1) is 9.11. The Hall–Kier alpha value is -2.02. The minimum atomic E-state index is 0.867. The maximum Gasteiger partial charge on any atom is 0.0317 e. The fourth-order valence-electron chi connectivity index (χ4n) is 2.98. The highest BCUT2D eigenvalue weighted by Crippen LogP contribution is 2.34. The number of nitrogens with two attached hydrogens (primary N) is 1. The van der Waals surface area contributed by atoms with Crippen LogP contribution in [0.3, 0.4) is 0 Å². The minimum absolute atomic E-state index is 0.867. The van der Waals surface area contributed by atoms with Crippen LogP contribution in [0, 0.1) is 13.8 Å². The molecule has 0 unspecified atom stereocenters. The zero-order valence-corrected chi connectivity index (χ0v) is 11.5. The van der Waals surface area contributed by atoms with E-state index in [-0.39, 0.29) is 0 Å². The van der Waals surface area contributed by atoms with Gasteiger partial charge in [-0.1, -0.05) is 41.5 Å². The second-order valence-corrected chi connectivity index (χ2v) is 5.51. The third-order valence-corrected chi connectivity index (χ3v) is 3.72. The summed E-state index contributed by atoms with van der Waals surface area (Å²) in [7, 11) is 0. The van der Waals surface area contributed by atoms with Crippen molar-refractivity contribution in [1.82, 2.24) is 0 Å². The molecule has 0 aromatic heterocycles. The van der Waals surface area contributed by atoms with Gasteiger partial charge in [0.05, 0.1) is 0 Å². The smallest absolute Gasteiger partial charge is 0.0317 e. The summed E-state index contributed by atoms with van der Waals surface area (Å²) in [6.07, 6.45) is 4.55. The predicted molar refractivity (Wildman–Crippen MR) is 83.0 cm³/mol. The minimum Gasteiger partial charge on any atom is -0.399 e. The molecule has 1 aliphatic carbocycles. The van der Waals surface area contributed by atoms with Gasteiger partial charge in [-0.05, 0) is 61.1 Å². The molecule has 1 heteroatoms. The molecule has 3 rings (SSSR count). The Balaban J connectivity index is 2.03. The fraction of sp³-hybridized carbons (Fsp3) is 0.222. The number of aryl methyl sites for hydroxylation is 3. The average Bonchev–Trinajstić information content (AvgIpc) is 2.70. The molecule has 0 bridgehead atoms. The van der Waals surface area contributed by atoms with Crippen molar-refractivity contribution in [2.75, 3.05) is 5.73 Å². The highest BCUT2D eigenvalue weighted by molar-refractivity contribution is 5.86. The normalized spacial score (nSPS) is 15.8. The molecule has 0 saturated heterocycles. The third kappa shape index (κ3) is 2.41. The van der Waals surface area contributed by atoms with Crippen LogP contribution in [0.5, 0.6) is 0 Å². The molecule has 0 atom stereocenters. The first kappa shape index (κ1) is 12.0. The molecule has 1 aliphatic rings. The molecule has 2 aromatic carbocycles. The van der Waals surface area contributed by atoms with E-state index in [2.05, 4.69) is 50.3 Å². The number of nitrogen functional groups attached to an aromatic ring is 1. The number of anilines is 1. The van der Waals surface area contributed by atoms with Gasteiger partial charge in [0.1, 0.15) is 0 Å². The Morgan fingerprint density at radius 2 is 1.68 bits per heavy atom. The van der Waals surface area contributed by atoms with Crippen LogP contribution in [0.4, 0.5) is 5.69 Å². The largest absolute Gasteiger partial charge is 0.399 e.